The molecule has 3 heteroatoms. The second-order valence-corrected chi connectivity index (χ2v) is 12.8. The summed E-state index contributed by atoms with van der Waals surface area (Å²) in [6.07, 6.45) is 24.9. The van der Waals surface area contributed by atoms with E-state index in [2.05, 4.69) is 13.8 Å². The van der Waals surface area contributed by atoms with E-state index >= 15 is 0 Å². The fraction of sp³-hybridized carbons (Fsp3) is 0.938. The van der Waals surface area contributed by atoms with Crippen molar-refractivity contribution >= 4 is 11.8 Å². The Morgan fingerprint density at radius 1 is 0.743 bits per heavy atom. The molecule has 0 aromatic heterocycles. The molecule has 3 nitrogen and oxygen atoms in total. The summed E-state index contributed by atoms with van der Waals surface area (Å²) < 4.78 is 5.57. The SMILES string of the molecule is CCCCCCCOC(=O)[C@@]1(C)CC[C@@H](C2CCC([C@H]3CC[C@H](CCCCC)CC3)CC2)CC1=O. The van der Waals surface area contributed by atoms with Crippen molar-refractivity contribution in [1.82, 2.24) is 0 Å². The van der Waals surface area contributed by atoms with Gasteiger partial charge in [0.05, 0.1) is 6.61 Å². The maximum atomic E-state index is 13.1. The first-order chi connectivity index (χ1) is 17.0. The van der Waals surface area contributed by atoms with E-state index in [0.29, 0.717) is 31.3 Å². The van der Waals surface area contributed by atoms with Crippen molar-refractivity contribution in [1.29, 1.82) is 0 Å². The van der Waals surface area contributed by atoms with Crippen LogP contribution in [0.1, 0.15) is 149 Å². The molecule has 2 atom stereocenters. The lowest BCUT2D eigenvalue weighted by Crippen LogP contribution is -2.44. The molecule has 0 bridgehead atoms. The molecule has 3 aliphatic rings. The highest BCUT2D eigenvalue weighted by atomic mass is 16.5. The van der Waals surface area contributed by atoms with Crippen LogP contribution in [0.15, 0.2) is 0 Å². The van der Waals surface area contributed by atoms with Crippen molar-refractivity contribution in [2.45, 2.75) is 149 Å². The van der Waals surface area contributed by atoms with Crippen LogP contribution in [-0.4, -0.2) is 18.4 Å². The van der Waals surface area contributed by atoms with Crippen LogP contribution in [0.4, 0.5) is 0 Å². The molecule has 0 unspecified atom stereocenters. The predicted octanol–water partition coefficient (Wildman–Crippen LogP) is 9.07. The number of ketones is 1. The van der Waals surface area contributed by atoms with Gasteiger partial charge in [-0.3, -0.25) is 9.59 Å². The predicted molar refractivity (Wildman–Crippen MR) is 145 cm³/mol. The summed E-state index contributed by atoms with van der Waals surface area (Å²) in [5.41, 5.74) is -0.896. The Bertz CT molecular complexity index is 627. The Hall–Kier alpha value is -0.860. The van der Waals surface area contributed by atoms with Gasteiger partial charge in [0.1, 0.15) is 11.2 Å². The second kappa shape index (κ2) is 14.8. The number of carbonyl (C=O) groups is 2. The first-order valence-corrected chi connectivity index (χ1v) is 15.7. The van der Waals surface area contributed by atoms with Crippen LogP contribution in [-0.2, 0) is 14.3 Å². The molecular formula is C32H56O3. The lowest BCUT2D eigenvalue weighted by Gasteiger charge is -2.42. The van der Waals surface area contributed by atoms with Gasteiger partial charge in [0.15, 0.2) is 0 Å². The minimum atomic E-state index is -0.896. The highest BCUT2D eigenvalue weighted by molar-refractivity contribution is 6.04. The summed E-state index contributed by atoms with van der Waals surface area (Å²) in [7, 11) is 0. The van der Waals surface area contributed by atoms with Gasteiger partial charge in [-0.1, -0.05) is 78.1 Å². The monoisotopic (exact) mass is 488 g/mol. The van der Waals surface area contributed by atoms with Crippen LogP contribution in [0.5, 0.6) is 0 Å². The van der Waals surface area contributed by atoms with Crippen molar-refractivity contribution in [2.75, 3.05) is 6.61 Å². The summed E-state index contributed by atoms with van der Waals surface area (Å²) in [6, 6.07) is 0. The number of carbonyl (C=O) groups excluding carboxylic acids is 2. The number of hydrogen-bond acceptors (Lipinski definition) is 3. The van der Waals surface area contributed by atoms with E-state index in [9.17, 15) is 9.59 Å². The van der Waals surface area contributed by atoms with Crippen molar-refractivity contribution in [3.63, 3.8) is 0 Å². The Morgan fingerprint density at radius 3 is 1.89 bits per heavy atom. The number of ether oxygens (including phenoxy) is 1. The molecule has 0 N–H and O–H groups in total. The molecule has 0 aromatic rings. The maximum absolute atomic E-state index is 13.1. The largest absolute Gasteiger partial charge is 0.465 e. The van der Waals surface area contributed by atoms with Gasteiger partial charge in [0.25, 0.3) is 0 Å². The minimum absolute atomic E-state index is 0.147. The Balaban J connectivity index is 1.35. The first kappa shape index (κ1) is 28.7. The molecule has 3 aliphatic carbocycles. The van der Waals surface area contributed by atoms with E-state index in [1.54, 1.807) is 0 Å². The van der Waals surface area contributed by atoms with Crippen LogP contribution >= 0.6 is 0 Å². The number of Topliss-reactive ketones (excluding diaryl/α,β-unsaturated/α-hetero) is 1. The number of hydrogen-bond donors (Lipinski definition) is 0. The Labute approximate surface area is 216 Å². The standard InChI is InChI=1S/C32H56O3/c1-4-6-8-9-11-23-35-31(34)32(3)22-21-29(24-30(32)33)28-19-17-27(18-20-28)26-15-13-25(14-16-26)12-10-7-5-2/h25-29H,4-24H2,1-3H3/t25-,26-,27?,28?,29-,32+/m1/s1. The van der Waals surface area contributed by atoms with Crippen LogP contribution in [0.2, 0.25) is 0 Å². The van der Waals surface area contributed by atoms with Crippen LogP contribution in [0, 0.1) is 35.0 Å². The molecule has 0 radical (unpaired) electrons. The molecule has 35 heavy (non-hydrogen) atoms. The molecule has 3 rings (SSSR count). The Morgan fingerprint density at radius 2 is 1.29 bits per heavy atom. The normalized spacial score (nSPS) is 34.0. The third-order valence-electron chi connectivity index (χ3n) is 10.3. The van der Waals surface area contributed by atoms with Crippen molar-refractivity contribution in [3.8, 4) is 0 Å². The topological polar surface area (TPSA) is 43.4 Å². The number of rotatable bonds is 13. The molecule has 0 aromatic carbocycles. The van der Waals surface area contributed by atoms with Gasteiger partial charge >= 0.3 is 5.97 Å². The summed E-state index contributed by atoms with van der Waals surface area (Å²) in [5.74, 6) is 3.97. The molecule has 0 aliphatic heterocycles. The fourth-order valence-electron chi connectivity index (χ4n) is 7.55. The van der Waals surface area contributed by atoms with E-state index in [-0.39, 0.29) is 11.8 Å². The molecule has 3 fully saturated rings. The van der Waals surface area contributed by atoms with Crippen LogP contribution in [0.3, 0.4) is 0 Å². The third-order valence-corrected chi connectivity index (χ3v) is 10.3. The fourth-order valence-corrected chi connectivity index (χ4v) is 7.55. The lowest BCUT2D eigenvalue weighted by molar-refractivity contribution is -0.162. The summed E-state index contributed by atoms with van der Waals surface area (Å²) in [5, 5.41) is 0. The van der Waals surface area contributed by atoms with E-state index in [1.807, 2.05) is 6.92 Å². The number of unbranched alkanes of at least 4 members (excludes halogenated alkanes) is 6. The van der Waals surface area contributed by atoms with E-state index in [4.69, 9.17) is 4.74 Å². The zero-order valence-corrected chi connectivity index (χ0v) is 23.5. The van der Waals surface area contributed by atoms with Crippen LogP contribution < -0.4 is 0 Å². The zero-order chi connectivity index (χ0) is 25.1. The summed E-state index contributed by atoms with van der Waals surface area (Å²) >= 11 is 0. The summed E-state index contributed by atoms with van der Waals surface area (Å²) in [6.45, 7) is 6.83. The van der Waals surface area contributed by atoms with Gasteiger partial charge in [-0.05, 0) is 94.3 Å². The molecule has 0 amide bonds. The molecule has 202 valence electrons. The van der Waals surface area contributed by atoms with Gasteiger partial charge < -0.3 is 4.74 Å². The average Bonchev–Trinajstić information content (AvgIpc) is 2.88. The van der Waals surface area contributed by atoms with Gasteiger partial charge in [-0.15, -0.1) is 0 Å². The van der Waals surface area contributed by atoms with E-state index < -0.39 is 5.41 Å². The Kier molecular flexibility index (Phi) is 12.1. The summed E-state index contributed by atoms with van der Waals surface area (Å²) in [4.78, 5) is 25.9. The number of esters is 1. The quantitative estimate of drug-likeness (QED) is 0.147. The molecule has 0 saturated heterocycles. The minimum Gasteiger partial charge on any atom is -0.465 e. The smallest absolute Gasteiger partial charge is 0.319 e. The second-order valence-electron chi connectivity index (χ2n) is 12.8. The van der Waals surface area contributed by atoms with Crippen molar-refractivity contribution < 1.29 is 14.3 Å². The van der Waals surface area contributed by atoms with Gasteiger partial charge in [-0.2, -0.15) is 0 Å². The third kappa shape index (κ3) is 8.32. The van der Waals surface area contributed by atoms with Crippen molar-refractivity contribution in [2.24, 2.45) is 35.0 Å². The van der Waals surface area contributed by atoms with Gasteiger partial charge in [-0.25, -0.2) is 0 Å². The van der Waals surface area contributed by atoms with E-state index in [0.717, 1.165) is 37.0 Å². The molecule has 0 heterocycles. The first-order valence-electron chi connectivity index (χ1n) is 15.7. The average molecular weight is 489 g/mol. The highest BCUT2D eigenvalue weighted by Crippen LogP contribution is 2.47. The highest BCUT2D eigenvalue weighted by Gasteiger charge is 2.47. The maximum Gasteiger partial charge on any atom is 0.319 e. The molecular weight excluding hydrogens is 432 g/mol. The molecule has 0 spiro atoms. The van der Waals surface area contributed by atoms with Crippen molar-refractivity contribution in [3.05, 3.63) is 0 Å². The van der Waals surface area contributed by atoms with Gasteiger partial charge in [0, 0.05) is 6.42 Å². The van der Waals surface area contributed by atoms with Crippen LogP contribution in [0.25, 0.3) is 0 Å². The van der Waals surface area contributed by atoms with E-state index in [1.165, 1.54) is 96.3 Å². The zero-order valence-electron chi connectivity index (χ0n) is 23.5. The lowest BCUT2D eigenvalue weighted by atomic mass is 9.62. The van der Waals surface area contributed by atoms with Gasteiger partial charge in [0.2, 0.25) is 0 Å². The molecule has 3 saturated carbocycles.